The molecule has 2 unspecified atom stereocenters. The smallest absolute Gasteiger partial charge is 0.229 e. The van der Waals surface area contributed by atoms with Crippen LogP contribution in [0.5, 0.6) is 11.5 Å². The van der Waals surface area contributed by atoms with E-state index in [-0.39, 0.29) is 11.7 Å². The second-order valence-corrected chi connectivity index (χ2v) is 51.0. The van der Waals surface area contributed by atoms with Crippen LogP contribution < -0.4 is 87.9 Å². The van der Waals surface area contributed by atoms with E-state index in [4.69, 9.17) is 55.9 Å². The average Bonchev–Trinajstić information content (AvgIpc) is 1.56. The number of aryl methyl sites for hydroxylation is 3. The maximum Gasteiger partial charge on any atom is 0.229 e. The number of piperidine rings is 1. The molecule has 8 N–H and O–H groups in total. The number of Topliss-reactive ketones (excluding diaryl/α,β-unsaturated/α-hetero) is 1. The molecule has 139 heavy (non-hydrogen) atoms. The summed E-state index contributed by atoms with van der Waals surface area (Å²) in [6, 6.07) is 53.4. The van der Waals surface area contributed by atoms with Crippen LogP contribution in [0.2, 0.25) is 20.1 Å². The summed E-state index contributed by atoms with van der Waals surface area (Å²) in [5.74, 6) is 4.46. The lowest BCUT2D eigenvalue weighted by Crippen LogP contribution is -2.50. The molecule has 8 aromatic carbocycles. The number of para-hydroxylation sites is 3. The summed E-state index contributed by atoms with van der Waals surface area (Å²) in [7, 11) is -6.67. The Morgan fingerprint density at radius 1 is 0.353 bits per heavy atom. The SMILES string of the molecule is COc1cc(C(C)=O)ccc1Nc1nc(Nc2ccc(P(C)(C)=O)cc2C)ncc1Cl.COc1cc(N2CCN(C(C)=O)CC2)ccc1Nc1ncc(Cl)c(Nc2ccccc2P(C)(C)=O)n1.Cc1cc(N2CCC(N3CCCCC3)C2)ccc1Nc1ncc(Cl)c(Nc2ccccc2P(C)(C)=O)n1.Cc1cc(N2CCN3CCCC3C2)ccc1Nc1ncc(Cl)c(Nc2ccccc2P(C)(C)=O)n1. The summed E-state index contributed by atoms with van der Waals surface area (Å²) in [5.41, 5.74) is 13.4. The molecular weight excluding hydrogens is 1910 g/mol. The maximum absolute atomic E-state index is 12.8. The lowest BCUT2D eigenvalue weighted by Gasteiger charge is -2.39. The number of hydrogen-bond acceptors (Lipinski definition) is 29. The third kappa shape index (κ3) is 27.3. The van der Waals surface area contributed by atoms with Crippen LogP contribution in [-0.4, -0.2) is 224 Å². The van der Waals surface area contributed by atoms with Crippen LogP contribution in [0, 0.1) is 20.8 Å². The van der Waals surface area contributed by atoms with E-state index in [1.165, 1.54) is 96.0 Å². The van der Waals surface area contributed by atoms with Gasteiger partial charge in [-0.25, -0.2) is 19.9 Å². The molecule has 0 aliphatic carbocycles. The molecule has 0 radical (unpaired) electrons. The molecule has 1 amide bonds. The van der Waals surface area contributed by atoms with Crippen molar-refractivity contribution < 1.29 is 37.3 Å². The number of ether oxygens (including phenoxy) is 2. The Hall–Kier alpha value is -11.4. The summed E-state index contributed by atoms with van der Waals surface area (Å²) in [4.78, 5) is 73.2. The van der Waals surface area contributed by atoms with Crippen LogP contribution >= 0.6 is 75.0 Å². The van der Waals surface area contributed by atoms with Crippen molar-refractivity contribution in [2.24, 2.45) is 0 Å². The highest BCUT2D eigenvalue weighted by Crippen LogP contribution is 2.45. The van der Waals surface area contributed by atoms with Crippen molar-refractivity contribution in [1.29, 1.82) is 0 Å². The largest absolute Gasteiger partial charge is 0.495 e. The fraction of sp³-hybridized carbons (Fsp3) is 0.347. The minimum Gasteiger partial charge on any atom is -0.495 e. The van der Waals surface area contributed by atoms with E-state index in [0.29, 0.717) is 126 Å². The van der Waals surface area contributed by atoms with Gasteiger partial charge < -0.3 is 89.9 Å². The zero-order chi connectivity index (χ0) is 99.2. The molecule has 0 saturated carbocycles. The van der Waals surface area contributed by atoms with Gasteiger partial charge in [0.15, 0.2) is 29.1 Å². The number of aromatic nitrogens is 8. The first-order chi connectivity index (χ1) is 66.3. The first-order valence-corrected chi connectivity index (χ1v) is 58.1. The van der Waals surface area contributed by atoms with Crippen molar-refractivity contribution in [3.8, 4) is 11.5 Å². The van der Waals surface area contributed by atoms with E-state index in [1.807, 2.05) is 121 Å². The zero-order valence-corrected chi connectivity index (χ0v) is 87.7. The van der Waals surface area contributed by atoms with Crippen LogP contribution in [0.3, 0.4) is 0 Å². The first kappa shape index (κ1) is 103. The third-order valence-electron chi connectivity index (χ3n) is 25.0. The van der Waals surface area contributed by atoms with Gasteiger partial charge in [0.2, 0.25) is 29.7 Å². The molecule has 732 valence electrons. The van der Waals surface area contributed by atoms with Crippen molar-refractivity contribution >= 4 is 218 Å². The predicted molar refractivity (Wildman–Crippen MR) is 577 cm³/mol. The number of methoxy groups -OCH3 is 2. The van der Waals surface area contributed by atoms with Crippen LogP contribution in [0.4, 0.5) is 110 Å². The molecule has 5 aliphatic heterocycles. The number of anilines is 19. The van der Waals surface area contributed by atoms with Gasteiger partial charge in [-0.2, -0.15) is 19.9 Å². The molecule has 17 rings (SSSR count). The van der Waals surface area contributed by atoms with Gasteiger partial charge in [-0.15, -0.1) is 0 Å². The van der Waals surface area contributed by atoms with Crippen LogP contribution in [0.25, 0.3) is 0 Å². The number of piperazine rings is 2. The minimum absolute atomic E-state index is 0.0553. The fourth-order valence-electron chi connectivity index (χ4n) is 17.3. The van der Waals surface area contributed by atoms with E-state index in [0.717, 1.165) is 118 Å². The summed E-state index contributed by atoms with van der Waals surface area (Å²) in [6.45, 7) is 35.4. The molecule has 12 aromatic rings. The number of hydrogen-bond donors (Lipinski definition) is 8. The number of amides is 1. The van der Waals surface area contributed by atoms with Gasteiger partial charge in [0.05, 0.1) is 67.4 Å². The molecule has 5 fully saturated rings. The first-order valence-electron chi connectivity index (χ1n) is 46.2. The number of halogens is 4. The molecule has 4 aromatic heterocycles. The van der Waals surface area contributed by atoms with Crippen molar-refractivity contribution in [1.82, 2.24) is 54.6 Å². The summed E-state index contributed by atoms with van der Waals surface area (Å²) in [6.07, 6.45) is 14.1. The highest BCUT2D eigenvalue weighted by Gasteiger charge is 2.33. The topological polar surface area (TPSA) is 340 Å². The molecule has 30 nitrogen and oxygen atoms in total. The number of carbonyl (C=O) groups excluding carboxylic acids is 2. The summed E-state index contributed by atoms with van der Waals surface area (Å²) < 4.78 is 61.5. The van der Waals surface area contributed by atoms with Crippen molar-refractivity contribution in [3.63, 3.8) is 0 Å². The number of carbonyl (C=O) groups is 2. The summed E-state index contributed by atoms with van der Waals surface area (Å²) in [5, 5.41) is 30.4. The zero-order valence-electron chi connectivity index (χ0n) is 81.1. The normalized spacial score (nSPS) is 15.7. The number of likely N-dealkylation sites (tertiary alicyclic amines) is 1. The van der Waals surface area contributed by atoms with Crippen molar-refractivity contribution in [2.45, 2.75) is 85.2 Å². The Labute approximate surface area is 834 Å². The molecule has 38 heteroatoms. The molecule has 5 aliphatic rings. The number of ketones is 1. The number of rotatable bonds is 27. The standard InChI is InChI=1S/C28H36ClN6OP.C26H32ClN6OP.C25H30ClN6O3P.C22H24ClN4O3P/c1-20-17-21(35-16-13-22(19-35)34-14-7-4-8-15-34)11-12-24(20)32-28-30-18-23(29)27(33-28)31-25-9-5-6-10-26(25)37(2,3)36;1-18-15-19(33-14-13-32-12-6-7-20(32)17-33)10-11-22(18)30-26-28-16-21(27)25(31-26)29-23-8-4-5-9-24(23)35(2,3)34;1-17(33)31-11-13-32(14-12-31)18-9-10-20(22(15-18)35-2)29-25-27-16-19(26)24(30-25)28-21-7-5-6-8-23(21)36(3,4)34;1-13-10-16(31(4,5)29)7-9-18(13)26-22-24-12-17(23)21(27-22)25-19-8-6-15(14(2)28)11-20(19)30-3/h5-6,9-12,17-18,22H,4,7-8,13-16,19H2,1-3H3,(H2,30,31,32,33);4-5,8-11,15-16,20H,6-7,12-14,17H2,1-3H3,(H2,28,29,30,31);5-10,15-16H,11-14H2,1-4H3,(H2,27,28,29,30);6-12H,1-5H3,(H2,24,25,26,27). The average molecular weight is 2040 g/mol. The lowest BCUT2D eigenvalue weighted by atomic mass is 10.1. The monoisotopic (exact) mass is 2030 g/mol. The quantitative estimate of drug-likeness (QED) is 0.0175. The van der Waals surface area contributed by atoms with Gasteiger partial charge in [-0.1, -0.05) is 89.2 Å². The van der Waals surface area contributed by atoms with Crippen molar-refractivity contribution in [3.05, 3.63) is 231 Å². The van der Waals surface area contributed by atoms with Gasteiger partial charge in [0.1, 0.15) is 60.2 Å². The van der Waals surface area contributed by atoms with E-state index in [1.54, 1.807) is 97.9 Å². The molecular formula is C101H122Cl4N22O8P4. The molecule has 0 bridgehead atoms. The van der Waals surface area contributed by atoms with Crippen molar-refractivity contribution in [2.75, 3.05) is 203 Å². The Kier molecular flexibility index (Phi) is 34.2. The minimum atomic E-state index is -2.51. The Bertz CT molecular complexity index is 6650. The predicted octanol–water partition coefficient (Wildman–Crippen LogP) is 21.6. The summed E-state index contributed by atoms with van der Waals surface area (Å²) >= 11 is 25.5. The molecule has 5 saturated heterocycles. The van der Waals surface area contributed by atoms with E-state index >= 15 is 0 Å². The van der Waals surface area contributed by atoms with Gasteiger partial charge >= 0.3 is 0 Å². The number of nitrogens with one attached hydrogen (secondary N) is 8. The number of fused-ring (bicyclic) bond motifs is 1. The van der Waals surface area contributed by atoms with E-state index in [2.05, 4.69) is 157 Å². The third-order valence-corrected chi connectivity index (χ3v) is 32.2. The second-order valence-electron chi connectivity index (χ2n) is 36.6. The van der Waals surface area contributed by atoms with E-state index in [9.17, 15) is 27.8 Å². The highest BCUT2D eigenvalue weighted by molar-refractivity contribution is 7.71. The molecule has 9 heterocycles. The Morgan fingerprint density at radius 2 is 0.705 bits per heavy atom. The van der Waals surface area contributed by atoms with Crippen LogP contribution in [0.15, 0.2) is 189 Å². The molecule has 2 atom stereocenters. The number of benzene rings is 8. The highest BCUT2D eigenvalue weighted by atomic mass is 35.5. The number of nitrogens with zero attached hydrogens (tertiary/aromatic N) is 14. The van der Waals surface area contributed by atoms with E-state index < -0.39 is 28.6 Å². The second kappa shape index (κ2) is 45.9. The Balaban J connectivity index is 0.000000148. The van der Waals surface area contributed by atoms with Gasteiger partial charge in [0.25, 0.3) is 0 Å². The lowest BCUT2D eigenvalue weighted by molar-refractivity contribution is -0.129. The maximum atomic E-state index is 12.8. The van der Waals surface area contributed by atoms with Crippen LogP contribution in [-0.2, 0) is 23.1 Å². The van der Waals surface area contributed by atoms with Gasteiger partial charge in [-0.05, 0) is 271 Å². The Morgan fingerprint density at radius 3 is 1.12 bits per heavy atom. The van der Waals surface area contributed by atoms with Crippen LogP contribution in [0.1, 0.15) is 79.4 Å². The van der Waals surface area contributed by atoms with Gasteiger partial charge in [0, 0.05) is 145 Å². The molecule has 0 spiro atoms. The fourth-order valence-corrected chi connectivity index (χ4v) is 22.3. The van der Waals surface area contributed by atoms with Gasteiger partial charge in [-0.3, -0.25) is 19.4 Å².